The van der Waals surface area contributed by atoms with Crippen molar-refractivity contribution in [2.24, 2.45) is 11.8 Å². The molecule has 0 saturated carbocycles. The van der Waals surface area contributed by atoms with Crippen molar-refractivity contribution < 1.29 is 0 Å². The third-order valence-corrected chi connectivity index (χ3v) is 4.03. The van der Waals surface area contributed by atoms with Gasteiger partial charge < -0.3 is 4.90 Å². The maximum Gasteiger partial charge on any atom is 0.228 e. The molecular weight excluding hydrogens is 236 g/mol. The van der Waals surface area contributed by atoms with Crippen molar-refractivity contribution in [1.82, 2.24) is 15.0 Å². The van der Waals surface area contributed by atoms with Gasteiger partial charge in [-0.05, 0) is 31.6 Å². The van der Waals surface area contributed by atoms with Crippen LogP contribution < -0.4 is 4.90 Å². The van der Waals surface area contributed by atoms with Gasteiger partial charge in [-0.15, -0.1) is 0 Å². The summed E-state index contributed by atoms with van der Waals surface area (Å²) in [6.45, 7) is 13.0. The lowest BCUT2D eigenvalue weighted by atomic mass is 9.87. The van der Waals surface area contributed by atoms with E-state index in [0.29, 0.717) is 5.92 Å². The topological polar surface area (TPSA) is 41.9 Å². The highest BCUT2D eigenvalue weighted by atomic mass is 15.3. The van der Waals surface area contributed by atoms with Gasteiger partial charge in [-0.2, -0.15) is 9.97 Å². The SMILES string of the molecule is Cc1nc(C(C)C)nc(N2CCC(C(C)C)CC2)n1. The van der Waals surface area contributed by atoms with Crippen molar-refractivity contribution in [1.29, 1.82) is 0 Å². The molecule has 0 aliphatic carbocycles. The molecular formula is C15H26N4. The molecule has 1 aromatic rings. The Hall–Kier alpha value is -1.19. The summed E-state index contributed by atoms with van der Waals surface area (Å²) in [6, 6.07) is 0. The molecule has 4 heteroatoms. The number of aryl methyl sites for hydroxylation is 1. The van der Waals surface area contributed by atoms with Gasteiger partial charge in [-0.3, -0.25) is 0 Å². The van der Waals surface area contributed by atoms with Crippen molar-refractivity contribution in [3.05, 3.63) is 11.6 Å². The lowest BCUT2D eigenvalue weighted by molar-refractivity contribution is 0.309. The molecule has 2 heterocycles. The van der Waals surface area contributed by atoms with Crippen LogP contribution in [0.5, 0.6) is 0 Å². The number of anilines is 1. The molecule has 1 saturated heterocycles. The standard InChI is InChI=1S/C15H26N4/c1-10(2)13-6-8-19(9-7-13)15-17-12(5)16-14(18-15)11(3)4/h10-11,13H,6-9H2,1-5H3. The highest BCUT2D eigenvalue weighted by Crippen LogP contribution is 2.26. The van der Waals surface area contributed by atoms with Crippen LogP contribution in [0.1, 0.15) is 58.1 Å². The Balaban J connectivity index is 2.11. The van der Waals surface area contributed by atoms with E-state index in [-0.39, 0.29) is 0 Å². The largest absolute Gasteiger partial charge is 0.341 e. The minimum atomic E-state index is 0.355. The molecule has 0 spiro atoms. The molecule has 1 aliphatic heterocycles. The quantitative estimate of drug-likeness (QED) is 0.839. The zero-order valence-electron chi connectivity index (χ0n) is 12.8. The molecule has 0 unspecified atom stereocenters. The van der Waals surface area contributed by atoms with E-state index in [1.54, 1.807) is 0 Å². The second-order valence-electron chi connectivity index (χ2n) is 6.26. The van der Waals surface area contributed by atoms with E-state index in [1.165, 1.54) is 12.8 Å². The van der Waals surface area contributed by atoms with Crippen LogP contribution in [0.15, 0.2) is 0 Å². The van der Waals surface area contributed by atoms with Gasteiger partial charge in [-0.1, -0.05) is 27.7 Å². The predicted octanol–water partition coefficient (Wildman–Crippen LogP) is 3.18. The van der Waals surface area contributed by atoms with E-state index in [1.807, 2.05) is 6.92 Å². The molecule has 1 aromatic heterocycles. The van der Waals surface area contributed by atoms with E-state index in [9.17, 15) is 0 Å². The number of hydrogen-bond donors (Lipinski definition) is 0. The van der Waals surface area contributed by atoms with Crippen LogP contribution in [-0.4, -0.2) is 28.0 Å². The molecule has 1 fully saturated rings. The predicted molar refractivity (Wildman–Crippen MR) is 78.4 cm³/mol. The summed E-state index contributed by atoms with van der Waals surface area (Å²) in [5.74, 6) is 4.61. The molecule has 2 rings (SSSR count). The first kappa shape index (κ1) is 14.2. The van der Waals surface area contributed by atoms with E-state index >= 15 is 0 Å². The van der Waals surface area contributed by atoms with E-state index in [0.717, 1.165) is 42.5 Å². The van der Waals surface area contributed by atoms with E-state index < -0.39 is 0 Å². The molecule has 0 atom stereocenters. The second-order valence-corrected chi connectivity index (χ2v) is 6.26. The Bertz CT molecular complexity index is 420. The summed E-state index contributed by atoms with van der Waals surface area (Å²) in [5, 5.41) is 0. The monoisotopic (exact) mass is 262 g/mol. The Labute approximate surface area is 116 Å². The van der Waals surface area contributed by atoms with Crippen molar-refractivity contribution in [3.63, 3.8) is 0 Å². The minimum absolute atomic E-state index is 0.355. The van der Waals surface area contributed by atoms with Crippen LogP contribution >= 0.6 is 0 Å². The van der Waals surface area contributed by atoms with Crippen LogP contribution in [0.4, 0.5) is 5.95 Å². The molecule has 0 amide bonds. The Morgan fingerprint density at radius 3 is 2.16 bits per heavy atom. The highest BCUT2D eigenvalue weighted by Gasteiger charge is 2.23. The van der Waals surface area contributed by atoms with Crippen LogP contribution in [0.3, 0.4) is 0 Å². The van der Waals surface area contributed by atoms with Crippen LogP contribution in [0.25, 0.3) is 0 Å². The fraction of sp³-hybridized carbons (Fsp3) is 0.800. The first-order chi connectivity index (χ1) is 8.97. The third-order valence-electron chi connectivity index (χ3n) is 4.03. The Morgan fingerprint density at radius 2 is 1.63 bits per heavy atom. The zero-order chi connectivity index (χ0) is 14.0. The van der Waals surface area contributed by atoms with Gasteiger partial charge in [0, 0.05) is 19.0 Å². The molecule has 1 aliphatic rings. The number of piperidine rings is 1. The molecule has 0 radical (unpaired) electrons. The summed E-state index contributed by atoms with van der Waals surface area (Å²) in [4.78, 5) is 15.9. The smallest absolute Gasteiger partial charge is 0.228 e. The molecule has 0 bridgehead atoms. The first-order valence-electron chi connectivity index (χ1n) is 7.45. The lowest BCUT2D eigenvalue weighted by Crippen LogP contribution is -2.36. The van der Waals surface area contributed by atoms with E-state index in [2.05, 4.69) is 47.5 Å². The van der Waals surface area contributed by atoms with Gasteiger partial charge in [0.05, 0.1) is 0 Å². The van der Waals surface area contributed by atoms with Gasteiger partial charge in [0.15, 0.2) is 0 Å². The van der Waals surface area contributed by atoms with Crippen molar-refractivity contribution in [3.8, 4) is 0 Å². The van der Waals surface area contributed by atoms with Crippen LogP contribution in [0, 0.1) is 18.8 Å². The molecule has 106 valence electrons. The number of nitrogens with zero attached hydrogens (tertiary/aromatic N) is 4. The maximum atomic E-state index is 4.63. The Kier molecular flexibility index (Phi) is 4.38. The summed E-state index contributed by atoms with van der Waals surface area (Å²) in [5.41, 5.74) is 0. The Morgan fingerprint density at radius 1 is 1.00 bits per heavy atom. The van der Waals surface area contributed by atoms with Crippen molar-refractivity contribution in [2.45, 2.75) is 53.4 Å². The molecule has 0 aromatic carbocycles. The highest BCUT2D eigenvalue weighted by molar-refractivity contribution is 5.30. The second kappa shape index (κ2) is 5.85. The van der Waals surface area contributed by atoms with Gasteiger partial charge in [0.1, 0.15) is 11.6 Å². The number of aromatic nitrogens is 3. The van der Waals surface area contributed by atoms with Crippen molar-refractivity contribution >= 4 is 5.95 Å². The third kappa shape index (κ3) is 3.43. The van der Waals surface area contributed by atoms with Crippen LogP contribution in [0.2, 0.25) is 0 Å². The molecule has 4 nitrogen and oxygen atoms in total. The normalized spacial score (nSPS) is 17.5. The summed E-state index contributed by atoms with van der Waals surface area (Å²) in [6.07, 6.45) is 2.50. The summed E-state index contributed by atoms with van der Waals surface area (Å²) in [7, 11) is 0. The molecule has 19 heavy (non-hydrogen) atoms. The zero-order valence-corrected chi connectivity index (χ0v) is 12.8. The first-order valence-corrected chi connectivity index (χ1v) is 7.45. The van der Waals surface area contributed by atoms with Crippen LogP contribution in [-0.2, 0) is 0 Å². The van der Waals surface area contributed by atoms with Crippen molar-refractivity contribution in [2.75, 3.05) is 18.0 Å². The minimum Gasteiger partial charge on any atom is -0.341 e. The lowest BCUT2D eigenvalue weighted by Gasteiger charge is -2.34. The average molecular weight is 262 g/mol. The van der Waals surface area contributed by atoms with Gasteiger partial charge in [0.2, 0.25) is 5.95 Å². The van der Waals surface area contributed by atoms with E-state index in [4.69, 9.17) is 0 Å². The number of hydrogen-bond acceptors (Lipinski definition) is 4. The maximum absolute atomic E-state index is 4.63. The summed E-state index contributed by atoms with van der Waals surface area (Å²) < 4.78 is 0. The van der Waals surface area contributed by atoms with Gasteiger partial charge in [-0.25, -0.2) is 4.98 Å². The fourth-order valence-electron chi connectivity index (χ4n) is 2.65. The molecule has 0 N–H and O–H groups in total. The fourth-order valence-corrected chi connectivity index (χ4v) is 2.65. The van der Waals surface area contributed by atoms with Gasteiger partial charge in [0.25, 0.3) is 0 Å². The summed E-state index contributed by atoms with van der Waals surface area (Å²) >= 11 is 0. The van der Waals surface area contributed by atoms with Gasteiger partial charge >= 0.3 is 0 Å². The average Bonchev–Trinajstić information content (AvgIpc) is 2.38. The number of rotatable bonds is 3.